The number of anilines is 2. The number of nitrogen functional groups attached to an aromatic ring is 1. The van der Waals surface area contributed by atoms with E-state index in [1.165, 1.54) is 0 Å². The monoisotopic (exact) mass is 241 g/mol. The lowest BCUT2D eigenvalue weighted by Crippen LogP contribution is -2.21. The standard InChI is InChI=1S/C14H15N3O/c1-2-17(10-13-4-3-7-18-13)12-5-6-14(16)11(8-12)9-15/h3-8H,2,10,16H2,1H3. The second kappa shape index (κ2) is 5.28. The Morgan fingerprint density at radius 2 is 2.22 bits per heavy atom. The van der Waals surface area contributed by atoms with Crippen molar-refractivity contribution in [3.05, 3.63) is 47.9 Å². The fourth-order valence-corrected chi connectivity index (χ4v) is 1.81. The topological polar surface area (TPSA) is 66.2 Å². The summed E-state index contributed by atoms with van der Waals surface area (Å²) in [7, 11) is 0. The van der Waals surface area contributed by atoms with Crippen molar-refractivity contribution in [3.63, 3.8) is 0 Å². The second-order valence-corrected chi connectivity index (χ2v) is 3.98. The van der Waals surface area contributed by atoms with E-state index in [-0.39, 0.29) is 0 Å². The molecule has 0 unspecified atom stereocenters. The van der Waals surface area contributed by atoms with E-state index >= 15 is 0 Å². The first-order valence-electron chi connectivity index (χ1n) is 5.81. The Balaban J connectivity index is 2.25. The van der Waals surface area contributed by atoms with Gasteiger partial charge in [-0.2, -0.15) is 5.26 Å². The van der Waals surface area contributed by atoms with Crippen LogP contribution in [0.15, 0.2) is 41.0 Å². The van der Waals surface area contributed by atoms with Gasteiger partial charge in [0.15, 0.2) is 0 Å². The van der Waals surface area contributed by atoms with Gasteiger partial charge in [-0.3, -0.25) is 0 Å². The molecule has 1 aromatic heterocycles. The third-order valence-corrected chi connectivity index (χ3v) is 2.83. The fraction of sp³-hybridized carbons (Fsp3) is 0.214. The van der Waals surface area contributed by atoms with Gasteiger partial charge in [0.25, 0.3) is 0 Å². The van der Waals surface area contributed by atoms with Crippen molar-refractivity contribution >= 4 is 11.4 Å². The smallest absolute Gasteiger partial charge is 0.123 e. The summed E-state index contributed by atoms with van der Waals surface area (Å²) < 4.78 is 5.34. The average molecular weight is 241 g/mol. The molecule has 4 nitrogen and oxygen atoms in total. The van der Waals surface area contributed by atoms with Crippen LogP contribution in [-0.2, 0) is 6.54 Å². The van der Waals surface area contributed by atoms with E-state index < -0.39 is 0 Å². The summed E-state index contributed by atoms with van der Waals surface area (Å²) in [5.41, 5.74) is 7.70. The molecule has 0 saturated carbocycles. The van der Waals surface area contributed by atoms with Crippen LogP contribution in [0.1, 0.15) is 18.2 Å². The highest BCUT2D eigenvalue weighted by molar-refractivity contribution is 5.62. The lowest BCUT2D eigenvalue weighted by atomic mass is 10.1. The Morgan fingerprint density at radius 1 is 1.39 bits per heavy atom. The largest absolute Gasteiger partial charge is 0.467 e. The molecule has 4 heteroatoms. The number of furan rings is 1. The molecule has 0 saturated heterocycles. The minimum Gasteiger partial charge on any atom is -0.467 e. The molecule has 2 aromatic rings. The fourth-order valence-electron chi connectivity index (χ4n) is 1.81. The van der Waals surface area contributed by atoms with Crippen molar-refractivity contribution < 1.29 is 4.42 Å². The molecule has 0 radical (unpaired) electrons. The summed E-state index contributed by atoms with van der Waals surface area (Å²) >= 11 is 0. The predicted octanol–water partition coefficient (Wildman–Crippen LogP) is 2.76. The molecule has 0 aliphatic heterocycles. The predicted molar refractivity (Wildman–Crippen MR) is 71.0 cm³/mol. The normalized spacial score (nSPS) is 10.0. The van der Waals surface area contributed by atoms with E-state index in [1.807, 2.05) is 24.3 Å². The van der Waals surface area contributed by atoms with Gasteiger partial charge in [0.1, 0.15) is 11.8 Å². The highest BCUT2D eigenvalue weighted by Crippen LogP contribution is 2.22. The first kappa shape index (κ1) is 12.1. The van der Waals surface area contributed by atoms with E-state index in [2.05, 4.69) is 17.9 Å². The number of hydrogen-bond acceptors (Lipinski definition) is 4. The maximum absolute atomic E-state index is 8.99. The van der Waals surface area contributed by atoms with Gasteiger partial charge in [0.05, 0.1) is 18.4 Å². The minimum atomic E-state index is 0.505. The van der Waals surface area contributed by atoms with Crippen molar-refractivity contribution in [1.29, 1.82) is 5.26 Å². The van der Waals surface area contributed by atoms with Crippen molar-refractivity contribution in [2.45, 2.75) is 13.5 Å². The van der Waals surface area contributed by atoms with E-state index in [4.69, 9.17) is 15.4 Å². The third-order valence-electron chi connectivity index (χ3n) is 2.83. The van der Waals surface area contributed by atoms with Gasteiger partial charge in [-0.25, -0.2) is 0 Å². The van der Waals surface area contributed by atoms with Crippen LogP contribution < -0.4 is 10.6 Å². The molecule has 18 heavy (non-hydrogen) atoms. The molecule has 2 N–H and O–H groups in total. The Kier molecular flexibility index (Phi) is 3.54. The van der Waals surface area contributed by atoms with Gasteiger partial charge < -0.3 is 15.1 Å². The van der Waals surface area contributed by atoms with Crippen LogP contribution in [0.3, 0.4) is 0 Å². The molecule has 0 atom stereocenters. The van der Waals surface area contributed by atoms with Crippen molar-refractivity contribution in [2.24, 2.45) is 0 Å². The van der Waals surface area contributed by atoms with Crippen LogP contribution in [-0.4, -0.2) is 6.54 Å². The summed E-state index contributed by atoms with van der Waals surface area (Å²) in [4.78, 5) is 2.12. The number of nitriles is 1. The van der Waals surface area contributed by atoms with Gasteiger partial charge in [-0.15, -0.1) is 0 Å². The molecule has 0 spiro atoms. The Labute approximate surface area is 106 Å². The number of rotatable bonds is 4. The number of nitrogens with zero attached hydrogens (tertiary/aromatic N) is 2. The van der Waals surface area contributed by atoms with Gasteiger partial charge in [-0.1, -0.05) is 0 Å². The quantitative estimate of drug-likeness (QED) is 0.836. The van der Waals surface area contributed by atoms with Crippen LogP contribution in [0.25, 0.3) is 0 Å². The zero-order chi connectivity index (χ0) is 13.0. The molecule has 1 heterocycles. The first-order chi connectivity index (χ1) is 8.74. The van der Waals surface area contributed by atoms with E-state index in [0.717, 1.165) is 18.0 Å². The number of nitrogens with two attached hydrogens (primary N) is 1. The molecule has 0 fully saturated rings. The van der Waals surface area contributed by atoms with Crippen molar-refractivity contribution in [3.8, 4) is 6.07 Å². The summed E-state index contributed by atoms with van der Waals surface area (Å²) in [6.45, 7) is 3.57. The molecule has 92 valence electrons. The number of hydrogen-bond donors (Lipinski definition) is 1. The van der Waals surface area contributed by atoms with Crippen LogP contribution in [0, 0.1) is 11.3 Å². The highest BCUT2D eigenvalue weighted by atomic mass is 16.3. The maximum Gasteiger partial charge on any atom is 0.123 e. The Hall–Kier alpha value is -2.41. The lowest BCUT2D eigenvalue weighted by Gasteiger charge is -2.22. The molecule has 1 aromatic carbocycles. The Morgan fingerprint density at radius 3 is 2.83 bits per heavy atom. The van der Waals surface area contributed by atoms with E-state index in [1.54, 1.807) is 12.3 Å². The van der Waals surface area contributed by atoms with Gasteiger partial charge in [0.2, 0.25) is 0 Å². The molecular formula is C14H15N3O. The molecule has 0 amide bonds. The molecule has 0 aliphatic carbocycles. The second-order valence-electron chi connectivity index (χ2n) is 3.98. The van der Waals surface area contributed by atoms with E-state index in [9.17, 15) is 0 Å². The maximum atomic E-state index is 8.99. The highest BCUT2D eigenvalue weighted by Gasteiger charge is 2.09. The van der Waals surface area contributed by atoms with Gasteiger partial charge >= 0.3 is 0 Å². The molecule has 0 bridgehead atoms. The van der Waals surface area contributed by atoms with Crippen LogP contribution >= 0.6 is 0 Å². The van der Waals surface area contributed by atoms with E-state index in [0.29, 0.717) is 17.8 Å². The van der Waals surface area contributed by atoms with Gasteiger partial charge in [-0.05, 0) is 37.3 Å². The Bertz CT molecular complexity index is 555. The van der Waals surface area contributed by atoms with Crippen LogP contribution in [0.4, 0.5) is 11.4 Å². The molecular weight excluding hydrogens is 226 g/mol. The van der Waals surface area contributed by atoms with Crippen molar-refractivity contribution in [1.82, 2.24) is 0 Å². The van der Waals surface area contributed by atoms with Crippen LogP contribution in [0.2, 0.25) is 0 Å². The summed E-state index contributed by atoms with van der Waals surface area (Å²) in [6, 6.07) is 11.4. The first-order valence-corrected chi connectivity index (χ1v) is 5.81. The molecule has 0 aliphatic rings. The summed E-state index contributed by atoms with van der Waals surface area (Å²) in [5.74, 6) is 0.896. The average Bonchev–Trinajstić information content (AvgIpc) is 2.89. The SMILES string of the molecule is CCN(Cc1ccco1)c1ccc(N)c(C#N)c1. The zero-order valence-electron chi connectivity index (χ0n) is 10.3. The minimum absolute atomic E-state index is 0.505. The lowest BCUT2D eigenvalue weighted by molar-refractivity contribution is 0.503. The third kappa shape index (κ3) is 2.46. The van der Waals surface area contributed by atoms with Crippen LogP contribution in [0.5, 0.6) is 0 Å². The van der Waals surface area contributed by atoms with Gasteiger partial charge in [0, 0.05) is 17.9 Å². The number of benzene rings is 1. The van der Waals surface area contributed by atoms with Crippen molar-refractivity contribution in [2.75, 3.05) is 17.2 Å². The summed E-state index contributed by atoms with van der Waals surface area (Å²) in [5, 5.41) is 8.99. The zero-order valence-corrected chi connectivity index (χ0v) is 10.3. The summed E-state index contributed by atoms with van der Waals surface area (Å²) in [6.07, 6.45) is 1.66. The molecule has 2 rings (SSSR count).